The molecule has 1 amide bonds. The maximum atomic E-state index is 11.9. The quantitative estimate of drug-likeness (QED) is 0.399. The van der Waals surface area contributed by atoms with E-state index in [1.54, 1.807) is 30.3 Å². The number of amides is 1. The average molecular weight is 452 g/mol. The molecule has 26 heavy (non-hydrogen) atoms. The molecule has 7 heteroatoms. The molecule has 3 aromatic rings. The fourth-order valence-corrected chi connectivity index (χ4v) is 3.02. The number of furan rings is 1. The highest BCUT2D eigenvalue weighted by atomic mass is 79.9. The molecule has 132 valence electrons. The first-order chi connectivity index (χ1) is 12.5. The van der Waals surface area contributed by atoms with Gasteiger partial charge in [0.15, 0.2) is 0 Å². The molecule has 2 aromatic carbocycles. The van der Waals surface area contributed by atoms with Gasteiger partial charge in [0.1, 0.15) is 11.5 Å². The summed E-state index contributed by atoms with van der Waals surface area (Å²) in [4.78, 5) is 11.9. The minimum Gasteiger partial charge on any atom is -0.455 e. The fourth-order valence-electron chi connectivity index (χ4n) is 2.25. The summed E-state index contributed by atoms with van der Waals surface area (Å²) in [5, 5.41) is 4.97. The molecule has 0 aliphatic heterocycles. The van der Waals surface area contributed by atoms with Crippen LogP contribution in [-0.4, -0.2) is 12.1 Å². The van der Waals surface area contributed by atoms with Crippen LogP contribution in [0.4, 0.5) is 0 Å². The van der Waals surface area contributed by atoms with Crippen LogP contribution in [0.2, 0.25) is 10.0 Å². The molecule has 0 aliphatic carbocycles. The van der Waals surface area contributed by atoms with Crippen LogP contribution in [-0.2, 0) is 11.2 Å². The van der Waals surface area contributed by atoms with Crippen LogP contribution in [0.5, 0.6) is 0 Å². The number of hydrogen-bond donors (Lipinski definition) is 1. The van der Waals surface area contributed by atoms with Gasteiger partial charge in [-0.1, -0.05) is 51.3 Å². The van der Waals surface area contributed by atoms with Crippen molar-refractivity contribution < 1.29 is 9.21 Å². The van der Waals surface area contributed by atoms with Gasteiger partial charge in [0, 0.05) is 15.1 Å². The van der Waals surface area contributed by atoms with Crippen molar-refractivity contribution in [1.82, 2.24) is 5.43 Å². The molecule has 1 aromatic heterocycles. The van der Waals surface area contributed by atoms with E-state index in [0.29, 0.717) is 21.6 Å². The largest absolute Gasteiger partial charge is 0.455 e. The van der Waals surface area contributed by atoms with Crippen LogP contribution in [0, 0.1) is 0 Å². The third-order valence-corrected chi connectivity index (χ3v) is 4.56. The lowest BCUT2D eigenvalue weighted by Gasteiger charge is -2.01. The zero-order valence-corrected chi connectivity index (χ0v) is 16.5. The Kier molecular flexibility index (Phi) is 6.14. The average Bonchev–Trinajstić information content (AvgIpc) is 3.05. The third-order valence-electron chi connectivity index (χ3n) is 3.48. The highest BCUT2D eigenvalue weighted by Gasteiger charge is 2.08. The van der Waals surface area contributed by atoms with Crippen molar-refractivity contribution in [2.75, 3.05) is 0 Å². The van der Waals surface area contributed by atoms with Gasteiger partial charge >= 0.3 is 0 Å². The van der Waals surface area contributed by atoms with Crippen molar-refractivity contribution in [2.45, 2.75) is 6.42 Å². The first kappa shape index (κ1) is 18.7. The number of carbonyl (C=O) groups excluding carboxylic acids is 1. The Morgan fingerprint density at radius 2 is 1.88 bits per heavy atom. The zero-order chi connectivity index (χ0) is 18.5. The number of nitrogens with zero attached hydrogens (tertiary/aromatic N) is 1. The molecule has 0 radical (unpaired) electrons. The van der Waals surface area contributed by atoms with E-state index in [1.807, 2.05) is 24.3 Å². The number of halogens is 3. The smallest absolute Gasteiger partial charge is 0.244 e. The summed E-state index contributed by atoms with van der Waals surface area (Å²) in [7, 11) is 0. The van der Waals surface area contributed by atoms with Gasteiger partial charge in [0.2, 0.25) is 5.91 Å². The normalized spacial score (nSPS) is 11.0. The highest BCUT2D eigenvalue weighted by Crippen LogP contribution is 2.31. The standard InChI is InChI=1S/C19H13BrCl2N2O2/c20-13-3-1-12(2-4-13)9-19(25)24-23-11-15-6-8-18(26-15)16-7-5-14(21)10-17(16)22/h1-8,10-11H,9H2,(H,24,25)/b23-11-. The summed E-state index contributed by atoms with van der Waals surface area (Å²) < 4.78 is 6.64. The second-order valence-corrected chi connectivity index (χ2v) is 7.18. The Balaban J connectivity index is 1.60. The molecule has 0 fully saturated rings. The van der Waals surface area contributed by atoms with Crippen LogP contribution < -0.4 is 5.43 Å². The molecule has 0 aliphatic rings. The zero-order valence-electron chi connectivity index (χ0n) is 13.4. The van der Waals surface area contributed by atoms with E-state index < -0.39 is 0 Å². The van der Waals surface area contributed by atoms with Crippen molar-refractivity contribution in [3.8, 4) is 11.3 Å². The molecule has 0 unspecified atom stereocenters. The van der Waals surface area contributed by atoms with Crippen LogP contribution in [0.1, 0.15) is 11.3 Å². The van der Waals surface area contributed by atoms with E-state index in [1.165, 1.54) is 6.21 Å². The van der Waals surface area contributed by atoms with Crippen molar-refractivity contribution >= 4 is 51.3 Å². The Hall–Kier alpha value is -2.08. The Morgan fingerprint density at radius 3 is 2.62 bits per heavy atom. The highest BCUT2D eigenvalue weighted by molar-refractivity contribution is 9.10. The summed E-state index contributed by atoms with van der Waals surface area (Å²) in [6, 6.07) is 16.2. The maximum absolute atomic E-state index is 11.9. The topological polar surface area (TPSA) is 54.6 Å². The summed E-state index contributed by atoms with van der Waals surface area (Å²) in [5.74, 6) is 0.875. The monoisotopic (exact) mass is 450 g/mol. The van der Waals surface area contributed by atoms with Gasteiger partial charge in [-0.3, -0.25) is 4.79 Å². The first-order valence-corrected chi connectivity index (χ1v) is 9.18. The Labute approximate surface area is 168 Å². The van der Waals surface area contributed by atoms with Gasteiger partial charge in [0.25, 0.3) is 0 Å². The van der Waals surface area contributed by atoms with Gasteiger partial charge in [-0.05, 0) is 48.0 Å². The molecule has 0 saturated heterocycles. The maximum Gasteiger partial charge on any atom is 0.244 e. The van der Waals surface area contributed by atoms with E-state index in [0.717, 1.165) is 15.6 Å². The number of nitrogens with one attached hydrogen (secondary N) is 1. The van der Waals surface area contributed by atoms with Crippen LogP contribution in [0.25, 0.3) is 11.3 Å². The SMILES string of the molecule is O=C(Cc1ccc(Br)cc1)N/N=C\c1ccc(-c2ccc(Cl)cc2Cl)o1. The van der Waals surface area contributed by atoms with Crippen molar-refractivity contribution in [2.24, 2.45) is 5.10 Å². The first-order valence-electron chi connectivity index (χ1n) is 7.63. The third kappa shape index (κ3) is 4.97. The Bertz CT molecular complexity index is 952. The molecule has 3 rings (SSSR count). The lowest BCUT2D eigenvalue weighted by molar-refractivity contribution is -0.120. The van der Waals surface area contributed by atoms with Gasteiger partial charge in [-0.2, -0.15) is 5.10 Å². The van der Waals surface area contributed by atoms with E-state index in [-0.39, 0.29) is 12.3 Å². The van der Waals surface area contributed by atoms with Crippen molar-refractivity contribution in [3.05, 3.63) is 80.4 Å². The number of benzene rings is 2. The molecule has 0 spiro atoms. The predicted molar refractivity (Wildman–Crippen MR) is 108 cm³/mol. The second-order valence-electron chi connectivity index (χ2n) is 5.42. The molecule has 0 bridgehead atoms. The van der Waals surface area contributed by atoms with E-state index in [2.05, 4.69) is 26.5 Å². The molecule has 1 heterocycles. The lowest BCUT2D eigenvalue weighted by atomic mass is 10.1. The van der Waals surface area contributed by atoms with Crippen molar-refractivity contribution in [3.63, 3.8) is 0 Å². The summed E-state index contributed by atoms with van der Waals surface area (Å²) in [6.07, 6.45) is 1.68. The predicted octanol–water partition coefficient (Wildman–Crippen LogP) is 5.71. The second kappa shape index (κ2) is 8.54. The fraction of sp³-hybridized carbons (Fsp3) is 0.0526. The van der Waals surface area contributed by atoms with Crippen LogP contribution in [0.3, 0.4) is 0 Å². The molecule has 0 atom stereocenters. The van der Waals surface area contributed by atoms with Gasteiger partial charge in [-0.15, -0.1) is 0 Å². The number of hydrogen-bond acceptors (Lipinski definition) is 3. The molecular weight excluding hydrogens is 439 g/mol. The van der Waals surface area contributed by atoms with Gasteiger partial charge in [0.05, 0.1) is 17.7 Å². The summed E-state index contributed by atoms with van der Waals surface area (Å²) in [5.41, 5.74) is 4.11. The molecule has 0 saturated carbocycles. The van der Waals surface area contributed by atoms with Crippen LogP contribution >= 0.6 is 39.1 Å². The Morgan fingerprint density at radius 1 is 1.12 bits per heavy atom. The number of rotatable bonds is 5. The van der Waals surface area contributed by atoms with Crippen LogP contribution in [0.15, 0.2) is 68.6 Å². The van der Waals surface area contributed by atoms with E-state index >= 15 is 0 Å². The molecular formula is C19H13BrCl2N2O2. The number of hydrazone groups is 1. The van der Waals surface area contributed by atoms with Crippen molar-refractivity contribution in [1.29, 1.82) is 0 Å². The minimum absolute atomic E-state index is 0.212. The van der Waals surface area contributed by atoms with E-state index in [9.17, 15) is 4.79 Å². The minimum atomic E-state index is -0.212. The van der Waals surface area contributed by atoms with Gasteiger partial charge < -0.3 is 4.42 Å². The summed E-state index contributed by atoms with van der Waals surface area (Å²) in [6.45, 7) is 0. The molecule has 1 N–H and O–H groups in total. The molecule has 4 nitrogen and oxygen atoms in total. The lowest BCUT2D eigenvalue weighted by Crippen LogP contribution is -2.19. The van der Waals surface area contributed by atoms with Gasteiger partial charge in [-0.25, -0.2) is 5.43 Å². The number of carbonyl (C=O) groups is 1. The van der Waals surface area contributed by atoms with E-state index in [4.69, 9.17) is 27.6 Å². The summed E-state index contributed by atoms with van der Waals surface area (Å²) >= 11 is 15.4.